The molecule has 0 aromatic carbocycles. The monoisotopic (exact) mass is 179 g/mol. The Hall–Kier alpha value is -0.830. The highest BCUT2D eigenvalue weighted by Gasteiger charge is 2.24. The van der Waals surface area contributed by atoms with Gasteiger partial charge in [-0.1, -0.05) is 0 Å². The molecule has 0 fully saturated rings. The first-order valence-electron chi connectivity index (χ1n) is 4.96. The molecule has 0 saturated carbocycles. The summed E-state index contributed by atoms with van der Waals surface area (Å²) >= 11 is 0. The molecule has 13 heavy (non-hydrogen) atoms. The molecule has 0 aliphatic heterocycles. The molecule has 2 N–H and O–H groups in total. The van der Waals surface area contributed by atoms with Gasteiger partial charge in [0.25, 0.3) is 0 Å². The number of hydrogen-bond donors (Lipinski definition) is 1. The summed E-state index contributed by atoms with van der Waals surface area (Å²) in [6.45, 7) is 2.85. The quantitative estimate of drug-likeness (QED) is 0.701. The van der Waals surface area contributed by atoms with Crippen LogP contribution in [0.1, 0.15) is 35.7 Å². The Labute approximate surface area is 78.9 Å². The third-order valence-electron chi connectivity index (χ3n) is 3.05. The topological polar surface area (TPSA) is 43.8 Å². The fourth-order valence-corrected chi connectivity index (χ4v) is 2.45. The standard InChI is InChI=1S/C10H17N3/c1-7-10-8(6-11)4-3-5-9(10)13(2)12-7/h8H,3-6,11H2,1-2H3. The van der Waals surface area contributed by atoms with Crippen molar-refractivity contribution in [1.29, 1.82) is 0 Å². The Morgan fingerprint density at radius 3 is 3.08 bits per heavy atom. The zero-order valence-corrected chi connectivity index (χ0v) is 8.38. The maximum atomic E-state index is 5.76. The Morgan fingerprint density at radius 2 is 2.38 bits per heavy atom. The predicted molar refractivity (Wildman–Crippen MR) is 52.7 cm³/mol. The van der Waals surface area contributed by atoms with E-state index in [1.54, 1.807) is 0 Å². The second kappa shape index (κ2) is 3.14. The second-order valence-corrected chi connectivity index (χ2v) is 3.89. The van der Waals surface area contributed by atoms with Crippen LogP contribution in [0.3, 0.4) is 0 Å². The molecular weight excluding hydrogens is 162 g/mol. The normalized spacial score (nSPS) is 21.6. The second-order valence-electron chi connectivity index (χ2n) is 3.89. The lowest BCUT2D eigenvalue weighted by atomic mass is 9.85. The minimum atomic E-state index is 0.553. The zero-order valence-electron chi connectivity index (χ0n) is 8.38. The maximum absolute atomic E-state index is 5.76. The molecule has 2 rings (SSSR count). The highest BCUT2D eigenvalue weighted by molar-refractivity contribution is 5.32. The van der Waals surface area contributed by atoms with Gasteiger partial charge in [0.1, 0.15) is 0 Å². The van der Waals surface area contributed by atoms with Crippen LogP contribution < -0.4 is 5.73 Å². The molecule has 1 unspecified atom stereocenters. The summed E-state index contributed by atoms with van der Waals surface area (Å²) in [6, 6.07) is 0. The van der Waals surface area contributed by atoms with Gasteiger partial charge in [-0.25, -0.2) is 0 Å². The summed E-state index contributed by atoms with van der Waals surface area (Å²) in [4.78, 5) is 0. The van der Waals surface area contributed by atoms with E-state index in [0.717, 1.165) is 6.54 Å². The van der Waals surface area contributed by atoms with Crippen LogP contribution in [-0.4, -0.2) is 16.3 Å². The van der Waals surface area contributed by atoms with E-state index < -0.39 is 0 Å². The van der Waals surface area contributed by atoms with Crippen molar-refractivity contribution >= 4 is 0 Å². The lowest BCUT2D eigenvalue weighted by Gasteiger charge is -2.21. The smallest absolute Gasteiger partial charge is 0.0631 e. The number of hydrogen-bond acceptors (Lipinski definition) is 2. The van der Waals surface area contributed by atoms with Crippen molar-refractivity contribution in [2.75, 3.05) is 6.54 Å². The van der Waals surface area contributed by atoms with Crippen LogP contribution in [0, 0.1) is 6.92 Å². The minimum absolute atomic E-state index is 0.553. The van der Waals surface area contributed by atoms with Gasteiger partial charge in [0.05, 0.1) is 5.69 Å². The van der Waals surface area contributed by atoms with Crippen molar-refractivity contribution in [3.63, 3.8) is 0 Å². The van der Waals surface area contributed by atoms with Crippen LogP contribution in [0.4, 0.5) is 0 Å². The molecule has 0 bridgehead atoms. The zero-order chi connectivity index (χ0) is 9.42. The summed E-state index contributed by atoms with van der Waals surface area (Å²) in [5, 5.41) is 4.45. The van der Waals surface area contributed by atoms with Crippen molar-refractivity contribution < 1.29 is 0 Å². The summed E-state index contributed by atoms with van der Waals surface area (Å²) in [5.41, 5.74) is 9.76. The molecular formula is C10H17N3. The average Bonchev–Trinajstić information content (AvgIpc) is 2.43. The van der Waals surface area contributed by atoms with Crippen LogP contribution in [0.25, 0.3) is 0 Å². The van der Waals surface area contributed by atoms with Gasteiger partial charge in [0.15, 0.2) is 0 Å². The van der Waals surface area contributed by atoms with E-state index in [-0.39, 0.29) is 0 Å². The van der Waals surface area contributed by atoms with E-state index in [1.807, 2.05) is 11.7 Å². The summed E-state index contributed by atoms with van der Waals surface area (Å²) in [5.74, 6) is 0.553. The summed E-state index contributed by atoms with van der Waals surface area (Å²) < 4.78 is 2.02. The highest BCUT2D eigenvalue weighted by atomic mass is 15.3. The van der Waals surface area contributed by atoms with Crippen LogP contribution in [0.2, 0.25) is 0 Å². The Balaban J connectivity index is 2.48. The van der Waals surface area contributed by atoms with E-state index in [0.29, 0.717) is 5.92 Å². The first-order valence-corrected chi connectivity index (χ1v) is 4.96. The third-order valence-corrected chi connectivity index (χ3v) is 3.05. The molecule has 0 radical (unpaired) electrons. The van der Waals surface area contributed by atoms with E-state index in [9.17, 15) is 0 Å². The maximum Gasteiger partial charge on any atom is 0.0631 e. The van der Waals surface area contributed by atoms with E-state index in [1.165, 1.54) is 36.2 Å². The summed E-state index contributed by atoms with van der Waals surface area (Å²) in [7, 11) is 2.03. The van der Waals surface area contributed by atoms with E-state index in [4.69, 9.17) is 5.73 Å². The third kappa shape index (κ3) is 1.27. The van der Waals surface area contributed by atoms with Gasteiger partial charge < -0.3 is 5.73 Å². The van der Waals surface area contributed by atoms with Crippen molar-refractivity contribution in [2.45, 2.75) is 32.1 Å². The number of rotatable bonds is 1. The van der Waals surface area contributed by atoms with E-state index >= 15 is 0 Å². The molecule has 1 aliphatic carbocycles. The molecule has 0 saturated heterocycles. The van der Waals surface area contributed by atoms with Crippen LogP contribution in [-0.2, 0) is 13.5 Å². The highest BCUT2D eigenvalue weighted by Crippen LogP contribution is 2.32. The van der Waals surface area contributed by atoms with Gasteiger partial charge in [0, 0.05) is 18.3 Å². The molecule has 1 aromatic rings. The van der Waals surface area contributed by atoms with E-state index in [2.05, 4.69) is 12.0 Å². The number of aromatic nitrogens is 2. The number of fused-ring (bicyclic) bond motifs is 1. The molecule has 72 valence electrons. The van der Waals surface area contributed by atoms with Gasteiger partial charge in [-0.3, -0.25) is 4.68 Å². The van der Waals surface area contributed by atoms with Crippen molar-refractivity contribution in [3.05, 3.63) is 17.0 Å². The van der Waals surface area contributed by atoms with Gasteiger partial charge in [-0.2, -0.15) is 5.10 Å². The molecule has 1 aromatic heterocycles. The van der Waals surface area contributed by atoms with Crippen molar-refractivity contribution in [2.24, 2.45) is 12.8 Å². The van der Waals surface area contributed by atoms with Crippen molar-refractivity contribution in [1.82, 2.24) is 9.78 Å². The molecule has 1 aliphatic rings. The van der Waals surface area contributed by atoms with Crippen LogP contribution in [0.15, 0.2) is 0 Å². The predicted octanol–water partition coefficient (Wildman–Crippen LogP) is 1.11. The SMILES string of the molecule is Cc1nn(C)c2c1C(CN)CCC2. The first-order chi connectivity index (χ1) is 6.24. The fraction of sp³-hybridized carbons (Fsp3) is 0.700. The first kappa shape index (κ1) is 8.75. The lowest BCUT2D eigenvalue weighted by molar-refractivity contribution is 0.540. The number of nitrogens with two attached hydrogens (primary N) is 1. The Bertz CT molecular complexity index is 314. The molecule has 1 heterocycles. The van der Waals surface area contributed by atoms with Gasteiger partial charge in [-0.15, -0.1) is 0 Å². The largest absolute Gasteiger partial charge is 0.330 e. The van der Waals surface area contributed by atoms with Gasteiger partial charge in [-0.05, 0) is 38.6 Å². The Kier molecular flexibility index (Phi) is 2.12. The van der Waals surface area contributed by atoms with Gasteiger partial charge in [0.2, 0.25) is 0 Å². The van der Waals surface area contributed by atoms with Crippen LogP contribution >= 0.6 is 0 Å². The number of aryl methyl sites for hydroxylation is 2. The molecule has 1 atom stereocenters. The molecule has 3 heteroatoms. The molecule has 3 nitrogen and oxygen atoms in total. The lowest BCUT2D eigenvalue weighted by Crippen LogP contribution is -2.19. The van der Waals surface area contributed by atoms with Gasteiger partial charge >= 0.3 is 0 Å². The fourth-order valence-electron chi connectivity index (χ4n) is 2.45. The summed E-state index contributed by atoms with van der Waals surface area (Å²) in [6.07, 6.45) is 3.66. The average molecular weight is 179 g/mol. The molecule has 0 amide bonds. The van der Waals surface area contributed by atoms with Crippen molar-refractivity contribution in [3.8, 4) is 0 Å². The minimum Gasteiger partial charge on any atom is -0.330 e. The Morgan fingerprint density at radius 1 is 1.62 bits per heavy atom. The molecule has 0 spiro atoms. The number of nitrogens with zero attached hydrogens (tertiary/aromatic N) is 2. The van der Waals surface area contributed by atoms with Crippen LogP contribution in [0.5, 0.6) is 0 Å².